The predicted molar refractivity (Wildman–Crippen MR) is 209 cm³/mol. The minimum atomic E-state index is 0.386. The third kappa shape index (κ3) is 5.44. The summed E-state index contributed by atoms with van der Waals surface area (Å²) in [6.07, 6.45) is 4.38. The molecule has 0 aliphatic rings. The Labute approximate surface area is 295 Å². The van der Waals surface area contributed by atoms with Gasteiger partial charge in [0.1, 0.15) is 29.2 Å². The minimum absolute atomic E-state index is 0.386. The van der Waals surface area contributed by atoms with Gasteiger partial charge in [-0.05, 0) is 82.0 Å². The molecule has 0 saturated carbocycles. The third-order valence-corrected chi connectivity index (χ3v) is 10.2. The van der Waals surface area contributed by atoms with Crippen molar-refractivity contribution in [2.45, 2.75) is 46.5 Å². The lowest BCUT2D eigenvalue weighted by molar-refractivity contribution is -0.659. The van der Waals surface area contributed by atoms with Crippen molar-refractivity contribution in [3.8, 4) is 50.5 Å². The molecule has 0 saturated heterocycles. The molecule has 3 nitrogen and oxygen atoms in total. The van der Waals surface area contributed by atoms with Crippen LogP contribution >= 0.6 is 0 Å². The second-order valence-electron chi connectivity index (χ2n) is 14.2. The maximum Gasteiger partial charge on any atom is 0.297 e. The summed E-state index contributed by atoms with van der Waals surface area (Å²) in [5, 5.41) is 2.26. The number of aryl methyl sites for hydroxylation is 2. The van der Waals surface area contributed by atoms with Crippen molar-refractivity contribution in [1.29, 1.82) is 0 Å². The molecule has 246 valence electrons. The maximum absolute atomic E-state index is 6.90. The van der Waals surface area contributed by atoms with E-state index in [1.54, 1.807) is 0 Å². The van der Waals surface area contributed by atoms with Crippen LogP contribution in [0.2, 0.25) is 0 Å². The van der Waals surface area contributed by atoms with Crippen molar-refractivity contribution in [1.82, 2.24) is 4.57 Å². The summed E-state index contributed by atoms with van der Waals surface area (Å²) in [6, 6.07) is 46.1. The van der Waals surface area contributed by atoms with E-state index in [0.717, 1.165) is 44.5 Å². The first-order valence-electron chi connectivity index (χ1n) is 17.7. The molecule has 2 aromatic heterocycles. The molecule has 8 rings (SSSR count). The van der Waals surface area contributed by atoms with Crippen LogP contribution in [0.25, 0.3) is 72.4 Å². The fraction of sp³-hybridized carbons (Fsp3) is 0.170. The molecule has 0 radical (unpaired) electrons. The minimum Gasteiger partial charge on any atom is -0.455 e. The Morgan fingerprint density at radius 1 is 0.560 bits per heavy atom. The van der Waals surface area contributed by atoms with Gasteiger partial charge in [0.25, 0.3) is 5.82 Å². The molecular formula is C47H43N2O+. The van der Waals surface area contributed by atoms with Gasteiger partial charge in [-0.3, -0.25) is 0 Å². The van der Waals surface area contributed by atoms with Crippen molar-refractivity contribution in [2.24, 2.45) is 7.05 Å². The zero-order valence-electron chi connectivity index (χ0n) is 29.7. The second-order valence-corrected chi connectivity index (χ2v) is 14.2. The van der Waals surface area contributed by atoms with Gasteiger partial charge >= 0.3 is 0 Å². The topological polar surface area (TPSA) is 21.9 Å². The van der Waals surface area contributed by atoms with E-state index in [0.29, 0.717) is 11.8 Å². The van der Waals surface area contributed by atoms with E-state index >= 15 is 0 Å². The zero-order chi connectivity index (χ0) is 34.5. The highest BCUT2D eigenvalue weighted by atomic mass is 16.3. The highest BCUT2D eigenvalue weighted by Gasteiger charge is 2.29. The summed E-state index contributed by atoms with van der Waals surface area (Å²) < 4.78 is 11.5. The Morgan fingerprint density at radius 3 is 1.72 bits per heavy atom. The van der Waals surface area contributed by atoms with E-state index in [-0.39, 0.29) is 0 Å². The number of hydrogen-bond donors (Lipinski definition) is 0. The fourth-order valence-electron chi connectivity index (χ4n) is 7.53. The van der Waals surface area contributed by atoms with Crippen LogP contribution in [-0.2, 0) is 7.05 Å². The Morgan fingerprint density at radius 2 is 1.10 bits per heavy atom. The first-order valence-corrected chi connectivity index (χ1v) is 17.7. The quantitative estimate of drug-likeness (QED) is 0.157. The number of fused-ring (bicyclic) bond motifs is 3. The van der Waals surface area contributed by atoms with Crippen molar-refractivity contribution < 1.29 is 8.98 Å². The first kappa shape index (κ1) is 31.6. The van der Waals surface area contributed by atoms with Gasteiger partial charge in [-0.15, -0.1) is 0 Å². The molecule has 0 atom stereocenters. The lowest BCUT2D eigenvalue weighted by Crippen LogP contribution is -2.29. The Bertz CT molecular complexity index is 2490. The molecule has 0 aliphatic heterocycles. The molecule has 0 aliphatic carbocycles. The third-order valence-electron chi connectivity index (χ3n) is 10.2. The van der Waals surface area contributed by atoms with Crippen LogP contribution in [0.15, 0.2) is 144 Å². The van der Waals surface area contributed by atoms with Crippen molar-refractivity contribution in [2.75, 3.05) is 0 Å². The molecule has 8 aromatic rings. The zero-order valence-corrected chi connectivity index (χ0v) is 29.7. The Hall–Kier alpha value is -5.67. The smallest absolute Gasteiger partial charge is 0.297 e. The van der Waals surface area contributed by atoms with Crippen LogP contribution in [0.4, 0.5) is 0 Å². The number of furan rings is 1. The molecule has 0 amide bonds. The number of nitrogens with zero attached hydrogens (tertiary/aromatic N) is 2. The van der Waals surface area contributed by atoms with Crippen LogP contribution in [0.3, 0.4) is 0 Å². The maximum atomic E-state index is 6.90. The highest BCUT2D eigenvalue weighted by molar-refractivity contribution is 6.10. The predicted octanol–water partition coefficient (Wildman–Crippen LogP) is 12.4. The van der Waals surface area contributed by atoms with Crippen LogP contribution < -0.4 is 4.57 Å². The van der Waals surface area contributed by atoms with E-state index in [9.17, 15) is 0 Å². The van der Waals surface area contributed by atoms with Crippen LogP contribution in [-0.4, -0.2) is 4.57 Å². The summed E-state index contributed by atoms with van der Waals surface area (Å²) >= 11 is 0. The number of para-hydroxylation sites is 1. The number of aromatic nitrogens is 2. The van der Waals surface area contributed by atoms with E-state index in [1.807, 2.05) is 0 Å². The molecule has 0 fully saturated rings. The molecule has 0 bridgehead atoms. The van der Waals surface area contributed by atoms with Gasteiger partial charge in [-0.2, -0.15) is 4.57 Å². The Kier molecular flexibility index (Phi) is 7.99. The number of imidazole rings is 1. The van der Waals surface area contributed by atoms with E-state index in [4.69, 9.17) is 4.42 Å². The molecule has 6 aromatic carbocycles. The average molecular weight is 652 g/mol. The van der Waals surface area contributed by atoms with E-state index in [1.165, 1.54) is 44.6 Å². The average Bonchev–Trinajstić information content (AvgIpc) is 3.71. The van der Waals surface area contributed by atoms with E-state index in [2.05, 4.69) is 191 Å². The van der Waals surface area contributed by atoms with Gasteiger partial charge in [-0.25, -0.2) is 4.57 Å². The van der Waals surface area contributed by atoms with Gasteiger partial charge in [0.15, 0.2) is 5.58 Å². The van der Waals surface area contributed by atoms with Gasteiger partial charge in [0, 0.05) is 21.9 Å². The largest absolute Gasteiger partial charge is 0.455 e. The van der Waals surface area contributed by atoms with E-state index < -0.39 is 0 Å². The summed E-state index contributed by atoms with van der Waals surface area (Å²) in [5.74, 6) is 1.89. The lowest BCUT2D eigenvalue weighted by Gasteiger charge is -2.18. The van der Waals surface area contributed by atoms with Gasteiger partial charge in [0.05, 0.1) is 7.05 Å². The summed E-state index contributed by atoms with van der Waals surface area (Å²) in [4.78, 5) is 0. The van der Waals surface area contributed by atoms with Gasteiger partial charge in [-0.1, -0.05) is 131 Å². The van der Waals surface area contributed by atoms with Gasteiger partial charge in [0.2, 0.25) is 0 Å². The van der Waals surface area contributed by atoms with Crippen molar-refractivity contribution in [3.63, 3.8) is 0 Å². The lowest BCUT2D eigenvalue weighted by atomic mass is 9.92. The van der Waals surface area contributed by atoms with Crippen LogP contribution in [0.5, 0.6) is 0 Å². The summed E-state index contributed by atoms with van der Waals surface area (Å²) in [6.45, 7) is 11.3. The van der Waals surface area contributed by atoms with Crippen LogP contribution in [0, 0.1) is 6.92 Å². The standard InChI is InChI=1S/C47H43N2O/c1-30(2)39-19-12-20-40(31(3)4)45(39)49-26-25-48(6)47(49)44-32(5)21-23-42-41-24-22-38(29-43(41)50-46(42)44)37-18-11-17-36(28-37)35-16-10-15-34(27-35)33-13-8-7-9-14-33/h7-31H,1-6H3/q+1. The number of benzene rings is 6. The second kappa shape index (κ2) is 12.7. The monoisotopic (exact) mass is 651 g/mol. The summed E-state index contributed by atoms with van der Waals surface area (Å²) in [7, 11) is 2.14. The van der Waals surface area contributed by atoms with Crippen molar-refractivity contribution in [3.05, 3.63) is 156 Å². The SMILES string of the molecule is Cc1ccc2c(oc3cc(-c4cccc(-c5cccc(-c6ccccc6)c5)c4)ccc32)c1-c1n(-c2c(C(C)C)cccc2C(C)C)cc[n+]1C. The number of hydrogen-bond acceptors (Lipinski definition) is 1. The van der Waals surface area contributed by atoms with Crippen LogP contribution in [0.1, 0.15) is 56.2 Å². The molecule has 2 heterocycles. The summed E-state index contributed by atoms with van der Waals surface area (Å²) in [5.41, 5.74) is 15.2. The normalized spacial score (nSPS) is 11.8. The highest BCUT2D eigenvalue weighted by Crippen LogP contribution is 2.41. The first-order chi connectivity index (χ1) is 24.3. The molecule has 3 heteroatoms. The molecule has 0 spiro atoms. The van der Waals surface area contributed by atoms with Gasteiger partial charge < -0.3 is 4.42 Å². The van der Waals surface area contributed by atoms with Crippen molar-refractivity contribution >= 4 is 21.9 Å². The Balaban J connectivity index is 1.25. The molecular weight excluding hydrogens is 609 g/mol. The molecule has 0 N–H and O–H groups in total. The number of rotatable bonds is 7. The fourth-order valence-corrected chi connectivity index (χ4v) is 7.53. The molecule has 50 heavy (non-hydrogen) atoms. The molecule has 0 unspecified atom stereocenters.